The fourth-order valence-electron chi connectivity index (χ4n) is 1.12. The van der Waals surface area contributed by atoms with Gasteiger partial charge in [0, 0.05) is 12.6 Å². The Labute approximate surface area is 98.5 Å². The quantitative estimate of drug-likeness (QED) is 0.622. The SMILES string of the molecule is CC(C)NC(=O)NC(=O)Cn1cc(CN)nn1. The molecule has 0 unspecified atom stereocenters. The molecule has 3 amide bonds. The number of carbonyl (C=O) groups is 2. The molecule has 0 aliphatic rings. The normalized spacial score (nSPS) is 10.4. The van der Waals surface area contributed by atoms with Gasteiger partial charge in [-0.3, -0.25) is 10.1 Å². The number of imide groups is 1. The number of rotatable bonds is 4. The second-order valence-corrected chi connectivity index (χ2v) is 3.79. The Kier molecular flexibility index (Phi) is 4.58. The van der Waals surface area contributed by atoms with Crippen LogP contribution >= 0.6 is 0 Å². The molecule has 0 aliphatic heterocycles. The summed E-state index contributed by atoms with van der Waals surface area (Å²) in [7, 11) is 0. The predicted molar refractivity (Wildman–Crippen MR) is 59.7 cm³/mol. The maximum Gasteiger partial charge on any atom is 0.321 e. The number of hydrogen-bond donors (Lipinski definition) is 3. The summed E-state index contributed by atoms with van der Waals surface area (Å²) in [6.45, 7) is 3.79. The Bertz CT molecular complexity index is 400. The van der Waals surface area contributed by atoms with E-state index >= 15 is 0 Å². The first-order valence-corrected chi connectivity index (χ1v) is 5.20. The van der Waals surface area contributed by atoms with Gasteiger partial charge in [-0.05, 0) is 13.8 Å². The highest BCUT2D eigenvalue weighted by Gasteiger charge is 2.10. The molecule has 1 aromatic heterocycles. The molecule has 4 N–H and O–H groups in total. The fourth-order valence-corrected chi connectivity index (χ4v) is 1.12. The molecule has 0 aliphatic carbocycles. The number of urea groups is 1. The highest BCUT2D eigenvalue weighted by atomic mass is 16.2. The first kappa shape index (κ1) is 13.1. The first-order valence-electron chi connectivity index (χ1n) is 5.20. The van der Waals surface area contributed by atoms with E-state index in [-0.39, 0.29) is 19.1 Å². The van der Waals surface area contributed by atoms with Crippen molar-refractivity contribution in [3.8, 4) is 0 Å². The van der Waals surface area contributed by atoms with E-state index in [1.165, 1.54) is 4.68 Å². The van der Waals surface area contributed by atoms with Crippen LogP contribution in [-0.2, 0) is 17.9 Å². The van der Waals surface area contributed by atoms with Crippen LogP contribution in [0.25, 0.3) is 0 Å². The molecule has 1 heterocycles. The summed E-state index contributed by atoms with van der Waals surface area (Å²) >= 11 is 0. The maximum atomic E-state index is 11.4. The van der Waals surface area contributed by atoms with E-state index in [9.17, 15) is 9.59 Å². The third-order valence-corrected chi connectivity index (χ3v) is 1.77. The third kappa shape index (κ3) is 4.60. The zero-order chi connectivity index (χ0) is 12.8. The summed E-state index contributed by atoms with van der Waals surface area (Å²) in [5.74, 6) is -0.461. The van der Waals surface area contributed by atoms with Gasteiger partial charge in [0.2, 0.25) is 5.91 Å². The molecule has 0 saturated heterocycles. The van der Waals surface area contributed by atoms with Crippen LogP contribution in [0.4, 0.5) is 4.79 Å². The molecule has 0 fully saturated rings. The summed E-state index contributed by atoms with van der Waals surface area (Å²) in [5, 5.41) is 12.1. The van der Waals surface area contributed by atoms with E-state index in [0.717, 1.165) is 0 Å². The predicted octanol–water partition coefficient (Wildman–Crippen LogP) is -1.03. The molecule has 17 heavy (non-hydrogen) atoms. The molecule has 1 rings (SSSR count). The fraction of sp³-hybridized carbons (Fsp3) is 0.556. The van der Waals surface area contributed by atoms with Crippen molar-refractivity contribution < 1.29 is 9.59 Å². The van der Waals surface area contributed by atoms with Gasteiger partial charge in [-0.1, -0.05) is 5.21 Å². The van der Waals surface area contributed by atoms with E-state index in [1.807, 2.05) is 0 Å². The minimum absolute atomic E-state index is 0.0296. The Morgan fingerprint density at radius 2 is 2.24 bits per heavy atom. The number of nitrogens with two attached hydrogens (primary N) is 1. The summed E-state index contributed by atoms with van der Waals surface area (Å²) in [4.78, 5) is 22.6. The van der Waals surface area contributed by atoms with Crippen molar-refractivity contribution in [2.24, 2.45) is 5.73 Å². The van der Waals surface area contributed by atoms with Crippen molar-refractivity contribution >= 4 is 11.9 Å². The van der Waals surface area contributed by atoms with Crippen LogP contribution in [0.3, 0.4) is 0 Å². The molecule has 0 spiro atoms. The van der Waals surface area contributed by atoms with E-state index in [4.69, 9.17) is 5.73 Å². The van der Waals surface area contributed by atoms with E-state index in [2.05, 4.69) is 20.9 Å². The lowest BCUT2D eigenvalue weighted by molar-refractivity contribution is -0.120. The van der Waals surface area contributed by atoms with E-state index in [1.54, 1.807) is 20.0 Å². The van der Waals surface area contributed by atoms with Crippen LogP contribution in [-0.4, -0.2) is 33.0 Å². The van der Waals surface area contributed by atoms with Gasteiger partial charge in [0.15, 0.2) is 0 Å². The highest BCUT2D eigenvalue weighted by Crippen LogP contribution is 1.90. The van der Waals surface area contributed by atoms with Gasteiger partial charge in [0.25, 0.3) is 0 Å². The molecule has 8 nitrogen and oxygen atoms in total. The van der Waals surface area contributed by atoms with Gasteiger partial charge < -0.3 is 11.1 Å². The van der Waals surface area contributed by atoms with Gasteiger partial charge >= 0.3 is 6.03 Å². The summed E-state index contributed by atoms with van der Waals surface area (Å²) in [6, 6.07) is -0.554. The van der Waals surface area contributed by atoms with Crippen LogP contribution < -0.4 is 16.4 Å². The zero-order valence-corrected chi connectivity index (χ0v) is 9.80. The molecule has 1 aromatic rings. The van der Waals surface area contributed by atoms with Crippen LogP contribution in [0, 0.1) is 0 Å². The zero-order valence-electron chi connectivity index (χ0n) is 9.80. The van der Waals surface area contributed by atoms with Crippen molar-refractivity contribution in [1.29, 1.82) is 0 Å². The Balaban J connectivity index is 2.41. The number of aromatic nitrogens is 3. The van der Waals surface area contributed by atoms with Gasteiger partial charge in [-0.2, -0.15) is 0 Å². The minimum Gasteiger partial charge on any atom is -0.336 e. The van der Waals surface area contributed by atoms with Crippen molar-refractivity contribution in [1.82, 2.24) is 25.6 Å². The topological polar surface area (TPSA) is 115 Å². The molecular weight excluding hydrogens is 224 g/mol. The maximum absolute atomic E-state index is 11.4. The number of amides is 3. The van der Waals surface area contributed by atoms with Gasteiger partial charge in [0.05, 0.1) is 11.9 Å². The monoisotopic (exact) mass is 240 g/mol. The first-order chi connectivity index (χ1) is 8.01. The average molecular weight is 240 g/mol. The van der Waals surface area contributed by atoms with E-state index in [0.29, 0.717) is 5.69 Å². The van der Waals surface area contributed by atoms with Crippen LogP contribution in [0.2, 0.25) is 0 Å². The summed E-state index contributed by atoms with van der Waals surface area (Å²) in [5.41, 5.74) is 5.94. The standard InChI is InChI=1S/C9H16N6O2/c1-6(2)11-9(17)12-8(16)5-15-4-7(3-10)13-14-15/h4,6H,3,5,10H2,1-2H3,(H2,11,12,16,17). The lowest BCUT2D eigenvalue weighted by atomic mass is 10.4. The second-order valence-electron chi connectivity index (χ2n) is 3.79. The average Bonchev–Trinajstić information content (AvgIpc) is 2.63. The van der Waals surface area contributed by atoms with Crippen LogP contribution in [0.15, 0.2) is 6.20 Å². The Hall–Kier alpha value is -1.96. The lowest BCUT2D eigenvalue weighted by Crippen LogP contribution is -2.43. The number of nitrogens with zero attached hydrogens (tertiary/aromatic N) is 3. The number of nitrogens with one attached hydrogen (secondary N) is 2. The Morgan fingerprint density at radius 3 is 2.76 bits per heavy atom. The van der Waals surface area contributed by atoms with Gasteiger partial charge in [-0.25, -0.2) is 9.48 Å². The molecular formula is C9H16N6O2. The Morgan fingerprint density at radius 1 is 1.53 bits per heavy atom. The third-order valence-electron chi connectivity index (χ3n) is 1.77. The van der Waals surface area contributed by atoms with Crippen LogP contribution in [0.1, 0.15) is 19.5 Å². The molecule has 94 valence electrons. The molecule has 0 radical (unpaired) electrons. The van der Waals surface area contributed by atoms with Gasteiger partial charge in [-0.15, -0.1) is 5.10 Å². The number of hydrogen-bond acceptors (Lipinski definition) is 5. The summed E-state index contributed by atoms with van der Waals surface area (Å²) in [6.07, 6.45) is 1.56. The van der Waals surface area contributed by atoms with Crippen molar-refractivity contribution in [3.63, 3.8) is 0 Å². The molecule has 8 heteroatoms. The van der Waals surface area contributed by atoms with Crippen LogP contribution in [0.5, 0.6) is 0 Å². The van der Waals surface area contributed by atoms with Gasteiger partial charge in [0.1, 0.15) is 6.54 Å². The number of carbonyl (C=O) groups excluding carboxylic acids is 2. The van der Waals surface area contributed by atoms with Crippen molar-refractivity contribution in [2.75, 3.05) is 0 Å². The molecule has 0 aromatic carbocycles. The molecule has 0 atom stereocenters. The van der Waals surface area contributed by atoms with Crippen molar-refractivity contribution in [2.45, 2.75) is 33.0 Å². The largest absolute Gasteiger partial charge is 0.336 e. The second kappa shape index (κ2) is 5.94. The molecule has 0 bridgehead atoms. The van der Waals surface area contributed by atoms with Crippen molar-refractivity contribution in [3.05, 3.63) is 11.9 Å². The minimum atomic E-state index is -0.524. The highest BCUT2D eigenvalue weighted by molar-refractivity contribution is 5.94. The smallest absolute Gasteiger partial charge is 0.321 e. The molecule has 0 saturated carbocycles. The lowest BCUT2D eigenvalue weighted by Gasteiger charge is -2.08. The van der Waals surface area contributed by atoms with E-state index < -0.39 is 11.9 Å². The summed E-state index contributed by atoms with van der Waals surface area (Å²) < 4.78 is 1.32.